The van der Waals surface area contributed by atoms with Crippen molar-refractivity contribution in [2.75, 3.05) is 0 Å². The van der Waals surface area contributed by atoms with E-state index in [2.05, 4.69) is 34.2 Å². The van der Waals surface area contributed by atoms with Crippen molar-refractivity contribution >= 4 is 8.80 Å². The van der Waals surface area contributed by atoms with Crippen LogP contribution >= 0.6 is 0 Å². The van der Waals surface area contributed by atoms with Gasteiger partial charge in [0.1, 0.15) is 8.80 Å². The average molecular weight is 151 g/mol. The number of hydrogen-bond donors (Lipinski definition) is 0. The molecule has 0 atom stereocenters. The summed E-state index contributed by atoms with van der Waals surface area (Å²) < 4.78 is 0. The highest BCUT2D eigenvalue weighted by Gasteiger charge is 2.20. The Hall–Kier alpha value is -0.303. The Morgan fingerprint density at radius 3 is 1.20 bits per heavy atom. The quantitative estimate of drug-likeness (QED) is 0.467. The first-order valence-electron chi connectivity index (χ1n) is 3.75. The van der Waals surface area contributed by atoms with Gasteiger partial charge < -0.3 is 0 Å². The molecule has 0 saturated carbocycles. The van der Waals surface area contributed by atoms with Crippen LogP contribution in [0.5, 0.6) is 0 Å². The molecule has 0 saturated heterocycles. The Labute approximate surface area is 65.3 Å². The maximum absolute atomic E-state index is 2.38. The van der Waals surface area contributed by atoms with E-state index < -0.39 is 0 Å². The van der Waals surface area contributed by atoms with E-state index in [4.69, 9.17) is 0 Å². The highest BCUT2D eigenvalue weighted by atomic mass is 28.3. The largest absolute Gasteiger partial charge is 0.107 e. The first-order valence-corrected chi connectivity index (χ1v) is 5.75. The van der Waals surface area contributed by atoms with Crippen molar-refractivity contribution < 1.29 is 0 Å². The van der Waals surface area contributed by atoms with Gasteiger partial charge in [-0.05, 0) is 27.7 Å². The van der Waals surface area contributed by atoms with Crippen LogP contribution in [0.15, 0.2) is 21.5 Å². The number of hydrogen-bond acceptors (Lipinski definition) is 0. The van der Waals surface area contributed by atoms with Gasteiger partial charge in [0.2, 0.25) is 0 Å². The zero-order valence-corrected chi connectivity index (χ0v) is 8.50. The second-order valence-corrected chi connectivity index (χ2v) is 5.88. The third-order valence-electron chi connectivity index (χ3n) is 2.81. The van der Waals surface area contributed by atoms with Crippen molar-refractivity contribution in [1.29, 1.82) is 0 Å². The third kappa shape index (κ3) is 0.890. The first-order chi connectivity index (χ1) is 4.55. The summed E-state index contributed by atoms with van der Waals surface area (Å²) in [4.78, 5) is 0. The molecular weight excluding hydrogens is 136 g/mol. The highest BCUT2D eigenvalue weighted by Crippen LogP contribution is 2.29. The van der Waals surface area contributed by atoms with Gasteiger partial charge in [0.05, 0.1) is 0 Å². The monoisotopic (exact) mass is 151 g/mol. The summed E-state index contributed by atoms with van der Waals surface area (Å²) in [6, 6.07) is 0. The van der Waals surface area contributed by atoms with Crippen molar-refractivity contribution in [1.82, 2.24) is 0 Å². The topological polar surface area (TPSA) is 0 Å². The summed E-state index contributed by atoms with van der Waals surface area (Å²) in [6.07, 6.45) is 0. The van der Waals surface area contributed by atoms with E-state index in [0.717, 1.165) is 0 Å². The molecule has 0 aliphatic carbocycles. The fourth-order valence-electron chi connectivity index (χ4n) is 1.41. The van der Waals surface area contributed by atoms with Gasteiger partial charge in [-0.25, -0.2) is 0 Å². The van der Waals surface area contributed by atoms with E-state index in [1.54, 1.807) is 21.5 Å². The van der Waals surface area contributed by atoms with Gasteiger partial charge >= 0.3 is 0 Å². The molecule has 0 unspecified atom stereocenters. The molecule has 0 aromatic heterocycles. The fraction of sp³-hybridized carbons (Fsp3) is 0.556. The van der Waals surface area contributed by atoms with Crippen LogP contribution < -0.4 is 0 Å². The molecule has 1 rings (SSSR count). The summed E-state index contributed by atoms with van der Waals surface area (Å²) in [6.45, 7) is 11.4. The third-order valence-corrected chi connectivity index (χ3v) is 5.81. The maximum Gasteiger partial charge on any atom is 0.107 e. The standard InChI is InChI=1S/C9H15Si/c1-6-7(2)9(4)10(5)8(6)3/h1-5H3. The second-order valence-electron chi connectivity index (χ2n) is 3.12. The normalized spacial score (nSPS) is 21.3. The van der Waals surface area contributed by atoms with E-state index in [0.29, 0.717) is 0 Å². The predicted molar refractivity (Wildman–Crippen MR) is 48.4 cm³/mol. The van der Waals surface area contributed by atoms with E-state index in [1.807, 2.05) is 0 Å². The van der Waals surface area contributed by atoms with Gasteiger partial charge in [-0.3, -0.25) is 0 Å². The SMILES string of the molecule is CC1=C(C)[Si](C)C(C)=C1C. The van der Waals surface area contributed by atoms with Gasteiger partial charge in [-0.1, -0.05) is 28.1 Å². The average Bonchev–Trinajstić information content (AvgIpc) is 2.07. The van der Waals surface area contributed by atoms with E-state index in [1.165, 1.54) is 0 Å². The van der Waals surface area contributed by atoms with Crippen molar-refractivity contribution in [2.24, 2.45) is 0 Å². The Balaban J connectivity index is 3.09. The highest BCUT2D eigenvalue weighted by molar-refractivity contribution is 6.74. The van der Waals surface area contributed by atoms with Crippen LogP contribution in [-0.2, 0) is 0 Å². The molecule has 1 aliphatic heterocycles. The lowest BCUT2D eigenvalue weighted by atomic mass is 10.1. The van der Waals surface area contributed by atoms with Crippen LogP contribution in [0.2, 0.25) is 6.55 Å². The van der Waals surface area contributed by atoms with Gasteiger partial charge in [0.15, 0.2) is 0 Å². The molecular formula is C9H15Si. The van der Waals surface area contributed by atoms with Crippen molar-refractivity contribution in [3.05, 3.63) is 21.5 Å². The fourth-order valence-corrected chi connectivity index (χ4v) is 3.47. The molecule has 0 N–H and O–H groups in total. The molecule has 1 radical (unpaired) electrons. The molecule has 0 bridgehead atoms. The lowest BCUT2D eigenvalue weighted by Gasteiger charge is -2.02. The van der Waals surface area contributed by atoms with Crippen LogP contribution in [0, 0.1) is 0 Å². The zero-order chi connectivity index (χ0) is 7.89. The molecule has 0 fully saturated rings. The Kier molecular flexibility index (Phi) is 1.86. The lowest BCUT2D eigenvalue weighted by Crippen LogP contribution is -2.07. The van der Waals surface area contributed by atoms with Crippen LogP contribution in [-0.4, -0.2) is 8.80 Å². The molecule has 0 nitrogen and oxygen atoms in total. The molecule has 55 valence electrons. The van der Waals surface area contributed by atoms with E-state index in [-0.39, 0.29) is 8.80 Å². The summed E-state index contributed by atoms with van der Waals surface area (Å²) in [7, 11) is -0.251. The maximum atomic E-state index is 2.38. The molecule has 0 aromatic carbocycles. The zero-order valence-electron chi connectivity index (χ0n) is 7.50. The second kappa shape index (κ2) is 2.39. The Bertz CT molecular complexity index is 197. The smallest absolute Gasteiger partial charge is 0.0777 e. The van der Waals surface area contributed by atoms with Crippen LogP contribution in [0.3, 0.4) is 0 Å². The molecule has 1 heteroatoms. The Morgan fingerprint density at radius 2 is 1.10 bits per heavy atom. The van der Waals surface area contributed by atoms with Crippen molar-refractivity contribution in [3.63, 3.8) is 0 Å². The predicted octanol–water partition coefficient (Wildman–Crippen LogP) is 2.88. The molecule has 1 heterocycles. The first kappa shape index (κ1) is 7.80. The van der Waals surface area contributed by atoms with Crippen LogP contribution in [0.4, 0.5) is 0 Å². The number of allylic oxidation sites excluding steroid dienone is 4. The van der Waals surface area contributed by atoms with Crippen molar-refractivity contribution in [2.45, 2.75) is 34.2 Å². The van der Waals surface area contributed by atoms with Crippen LogP contribution in [0.1, 0.15) is 27.7 Å². The molecule has 0 aromatic rings. The Morgan fingerprint density at radius 1 is 0.800 bits per heavy atom. The van der Waals surface area contributed by atoms with Gasteiger partial charge in [0.25, 0.3) is 0 Å². The van der Waals surface area contributed by atoms with E-state index >= 15 is 0 Å². The van der Waals surface area contributed by atoms with Crippen LogP contribution in [0.25, 0.3) is 0 Å². The summed E-state index contributed by atoms with van der Waals surface area (Å²) in [5.74, 6) is 0. The van der Waals surface area contributed by atoms with Gasteiger partial charge in [-0.15, -0.1) is 0 Å². The van der Waals surface area contributed by atoms with Gasteiger partial charge in [0, 0.05) is 0 Å². The van der Waals surface area contributed by atoms with Gasteiger partial charge in [-0.2, -0.15) is 0 Å². The van der Waals surface area contributed by atoms with Crippen molar-refractivity contribution in [3.8, 4) is 0 Å². The summed E-state index contributed by atoms with van der Waals surface area (Å²) in [5.41, 5.74) is 3.10. The van der Waals surface area contributed by atoms with E-state index in [9.17, 15) is 0 Å². The lowest BCUT2D eigenvalue weighted by molar-refractivity contribution is 1.31. The summed E-state index contributed by atoms with van der Waals surface area (Å²) >= 11 is 0. The minimum Gasteiger partial charge on any atom is -0.0777 e. The minimum atomic E-state index is -0.251. The minimum absolute atomic E-state index is 0.251. The summed E-state index contributed by atoms with van der Waals surface area (Å²) in [5, 5.41) is 3.31. The molecule has 0 spiro atoms. The molecule has 1 aliphatic rings. The number of rotatable bonds is 0. The molecule has 10 heavy (non-hydrogen) atoms. The molecule has 0 amide bonds.